The zero-order valence-electron chi connectivity index (χ0n) is 13.8. The summed E-state index contributed by atoms with van der Waals surface area (Å²) in [6, 6.07) is 18.5. The molecule has 4 heteroatoms. The molecule has 3 aromatic rings. The fourth-order valence-electron chi connectivity index (χ4n) is 2.60. The molecular formula is C21H17NO3. The van der Waals surface area contributed by atoms with Crippen molar-refractivity contribution in [3.05, 3.63) is 71.0 Å². The van der Waals surface area contributed by atoms with Gasteiger partial charge in [0.05, 0.1) is 12.8 Å². The first-order chi connectivity index (χ1) is 12.2. The van der Waals surface area contributed by atoms with Crippen LogP contribution in [-0.2, 0) is 0 Å². The van der Waals surface area contributed by atoms with Gasteiger partial charge in [0.25, 0.3) is 0 Å². The molecule has 2 aromatic carbocycles. The molecule has 25 heavy (non-hydrogen) atoms. The highest BCUT2D eigenvalue weighted by molar-refractivity contribution is 5.80. The summed E-state index contributed by atoms with van der Waals surface area (Å²) < 4.78 is 11.0. The Morgan fingerprint density at radius 3 is 2.40 bits per heavy atom. The highest BCUT2D eigenvalue weighted by Gasteiger charge is 2.15. The van der Waals surface area contributed by atoms with E-state index in [4.69, 9.17) is 15.9 Å². The summed E-state index contributed by atoms with van der Waals surface area (Å²) in [6.07, 6.45) is 5.36. The van der Waals surface area contributed by atoms with Crippen LogP contribution in [0.5, 0.6) is 11.5 Å². The average Bonchev–Trinajstić information content (AvgIpc) is 2.67. The molecule has 0 bridgehead atoms. The van der Waals surface area contributed by atoms with Gasteiger partial charge in [-0.3, -0.25) is 4.79 Å². The summed E-state index contributed by atoms with van der Waals surface area (Å²) in [5.74, 6) is 3.75. The van der Waals surface area contributed by atoms with Crippen LogP contribution in [0.15, 0.2) is 65.5 Å². The number of H-pyrrole nitrogens is 1. The second kappa shape index (κ2) is 7.41. The summed E-state index contributed by atoms with van der Waals surface area (Å²) in [4.78, 5) is 15.1. The van der Waals surface area contributed by atoms with Gasteiger partial charge in [0.1, 0.15) is 12.4 Å². The molecule has 1 N–H and O–H groups in total. The van der Waals surface area contributed by atoms with E-state index in [2.05, 4.69) is 10.9 Å². The van der Waals surface area contributed by atoms with E-state index < -0.39 is 0 Å². The molecular weight excluding hydrogens is 314 g/mol. The maximum Gasteiger partial charge on any atom is 0.249 e. The van der Waals surface area contributed by atoms with Gasteiger partial charge in [-0.1, -0.05) is 36.3 Å². The Kier molecular flexibility index (Phi) is 4.87. The van der Waals surface area contributed by atoms with E-state index in [1.807, 2.05) is 54.6 Å². The molecule has 0 atom stereocenters. The van der Waals surface area contributed by atoms with E-state index in [1.165, 1.54) is 6.07 Å². The molecule has 0 aliphatic heterocycles. The fraction of sp³-hybridized carbons (Fsp3) is 0.0952. The van der Waals surface area contributed by atoms with Crippen LogP contribution in [-0.4, -0.2) is 18.7 Å². The molecule has 0 aliphatic carbocycles. The number of pyridine rings is 1. The third-order valence-corrected chi connectivity index (χ3v) is 3.76. The third-order valence-electron chi connectivity index (χ3n) is 3.76. The molecule has 0 unspecified atom stereocenters. The van der Waals surface area contributed by atoms with Crippen molar-refractivity contribution in [3.63, 3.8) is 0 Å². The van der Waals surface area contributed by atoms with Gasteiger partial charge in [0.2, 0.25) is 5.56 Å². The average molecular weight is 331 g/mol. The van der Waals surface area contributed by atoms with Crippen molar-refractivity contribution in [2.75, 3.05) is 13.7 Å². The lowest BCUT2D eigenvalue weighted by Gasteiger charge is -2.15. The molecule has 1 aromatic heterocycles. The Morgan fingerprint density at radius 1 is 1.04 bits per heavy atom. The lowest BCUT2D eigenvalue weighted by Crippen LogP contribution is -2.10. The maximum absolute atomic E-state index is 12.2. The monoisotopic (exact) mass is 331 g/mol. The summed E-state index contributed by atoms with van der Waals surface area (Å²) in [5.41, 5.74) is 2.77. The number of ether oxygens (including phenoxy) is 2. The van der Waals surface area contributed by atoms with Crippen molar-refractivity contribution in [2.24, 2.45) is 0 Å². The van der Waals surface area contributed by atoms with Crippen LogP contribution >= 0.6 is 0 Å². The summed E-state index contributed by atoms with van der Waals surface area (Å²) in [7, 11) is 1.61. The molecule has 0 amide bonds. The molecule has 124 valence electrons. The van der Waals surface area contributed by atoms with Gasteiger partial charge in [0.15, 0.2) is 5.75 Å². The molecule has 0 spiro atoms. The second-order valence-corrected chi connectivity index (χ2v) is 5.34. The molecule has 1 heterocycles. The minimum atomic E-state index is -0.210. The first kappa shape index (κ1) is 16.4. The molecule has 0 saturated heterocycles. The van der Waals surface area contributed by atoms with Crippen molar-refractivity contribution < 1.29 is 9.47 Å². The molecule has 0 fully saturated rings. The van der Waals surface area contributed by atoms with Crippen LogP contribution < -0.4 is 15.0 Å². The van der Waals surface area contributed by atoms with Gasteiger partial charge in [-0.2, -0.15) is 0 Å². The Hall–Kier alpha value is -3.45. The van der Waals surface area contributed by atoms with Crippen LogP contribution in [0.4, 0.5) is 0 Å². The van der Waals surface area contributed by atoms with E-state index in [0.717, 1.165) is 16.9 Å². The smallest absolute Gasteiger partial charge is 0.249 e. The van der Waals surface area contributed by atoms with Crippen molar-refractivity contribution in [1.82, 2.24) is 4.98 Å². The van der Waals surface area contributed by atoms with E-state index >= 15 is 0 Å². The lowest BCUT2D eigenvalue weighted by molar-refractivity contribution is 0.372. The molecule has 0 aliphatic rings. The number of nitrogens with one attached hydrogen (secondary N) is 1. The van der Waals surface area contributed by atoms with Gasteiger partial charge < -0.3 is 14.5 Å². The van der Waals surface area contributed by atoms with Crippen LogP contribution in [0.1, 0.15) is 0 Å². The van der Waals surface area contributed by atoms with Crippen molar-refractivity contribution >= 4 is 0 Å². The first-order valence-corrected chi connectivity index (χ1v) is 7.76. The predicted octanol–water partition coefficient (Wildman–Crippen LogP) is 3.73. The van der Waals surface area contributed by atoms with E-state index in [0.29, 0.717) is 17.0 Å². The van der Waals surface area contributed by atoms with Gasteiger partial charge in [0, 0.05) is 17.2 Å². The zero-order chi connectivity index (χ0) is 17.6. The van der Waals surface area contributed by atoms with Crippen LogP contribution in [0.25, 0.3) is 22.4 Å². The Morgan fingerprint density at radius 2 is 1.76 bits per heavy atom. The van der Waals surface area contributed by atoms with Gasteiger partial charge in [-0.15, -0.1) is 6.42 Å². The third kappa shape index (κ3) is 3.56. The van der Waals surface area contributed by atoms with E-state index in [1.54, 1.807) is 7.11 Å². The summed E-state index contributed by atoms with van der Waals surface area (Å²) >= 11 is 0. The Bertz CT molecular complexity index is 951. The maximum atomic E-state index is 12.2. The number of hydrogen-bond acceptors (Lipinski definition) is 3. The Balaban J connectivity index is 2.21. The summed E-state index contributed by atoms with van der Waals surface area (Å²) in [6.45, 7) is 0.106. The highest BCUT2D eigenvalue weighted by atomic mass is 16.5. The first-order valence-electron chi connectivity index (χ1n) is 7.76. The summed E-state index contributed by atoms with van der Waals surface area (Å²) in [5, 5.41) is 0. The topological polar surface area (TPSA) is 51.3 Å². The van der Waals surface area contributed by atoms with Crippen molar-refractivity contribution in [2.45, 2.75) is 0 Å². The number of benzene rings is 2. The number of aromatic amines is 1. The Labute approximate surface area is 146 Å². The standard InChI is InChI=1S/C21H17NO3/c1-3-13-25-21-18(15-7-5-4-6-8-15)14-19(23)22-20(21)16-9-11-17(24-2)12-10-16/h1,4-12,14H,13H2,2H3,(H,22,23). The normalized spacial score (nSPS) is 10.1. The quantitative estimate of drug-likeness (QED) is 0.725. The van der Waals surface area contributed by atoms with Gasteiger partial charge in [-0.25, -0.2) is 0 Å². The van der Waals surface area contributed by atoms with Gasteiger partial charge in [-0.05, 0) is 29.8 Å². The van der Waals surface area contributed by atoms with E-state index in [9.17, 15) is 4.79 Å². The van der Waals surface area contributed by atoms with Crippen LogP contribution in [0.2, 0.25) is 0 Å². The highest BCUT2D eigenvalue weighted by Crippen LogP contribution is 2.36. The molecule has 3 rings (SSSR count). The van der Waals surface area contributed by atoms with Crippen LogP contribution in [0.3, 0.4) is 0 Å². The molecule has 0 radical (unpaired) electrons. The van der Waals surface area contributed by atoms with Crippen molar-refractivity contribution in [1.29, 1.82) is 0 Å². The van der Waals surface area contributed by atoms with Crippen LogP contribution in [0, 0.1) is 12.3 Å². The van der Waals surface area contributed by atoms with E-state index in [-0.39, 0.29) is 12.2 Å². The minimum Gasteiger partial charge on any atom is -0.497 e. The van der Waals surface area contributed by atoms with Gasteiger partial charge >= 0.3 is 0 Å². The lowest BCUT2D eigenvalue weighted by atomic mass is 10.0. The number of hydrogen-bond donors (Lipinski definition) is 1. The number of methoxy groups -OCH3 is 1. The molecule has 4 nitrogen and oxygen atoms in total. The molecule has 0 saturated carbocycles. The predicted molar refractivity (Wildman–Crippen MR) is 98.8 cm³/mol. The minimum absolute atomic E-state index is 0.106. The second-order valence-electron chi connectivity index (χ2n) is 5.34. The van der Waals surface area contributed by atoms with Crippen molar-refractivity contribution in [3.8, 4) is 46.2 Å². The fourth-order valence-corrected chi connectivity index (χ4v) is 2.60. The number of aromatic nitrogens is 1. The largest absolute Gasteiger partial charge is 0.497 e. The number of rotatable bonds is 5. The zero-order valence-corrected chi connectivity index (χ0v) is 13.8. The SMILES string of the molecule is C#CCOc1c(-c2ccccc2)cc(=O)[nH]c1-c1ccc(OC)cc1. The number of terminal acetylenes is 1.